The lowest BCUT2D eigenvalue weighted by atomic mass is 10.0. The zero-order chi connectivity index (χ0) is 32.9. The molecule has 9 nitrogen and oxygen atoms in total. The number of anilines is 1. The SMILES string of the molecule is CCOc1ccc(Cc2nccc3cc(OCC)c(OCC)cc23)cc1OCC.Cl.Nc1ccc(C(=O)Oc2ccccc2)c(O)c1. The van der Waals surface area contributed by atoms with Crippen molar-refractivity contribution >= 4 is 34.8 Å². The molecule has 0 saturated heterocycles. The van der Waals surface area contributed by atoms with Crippen LogP contribution in [-0.4, -0.2) is 42.5 Å². The minimum Gasteiger partial charge on any atom is -0.507 e. The third-order valence-corrected chi connectivity index (χ3v) is 6.69. The molecule has 0 unspecified atom stereocenters. The number of para-hydroxylation sites is 1. The van der Waals surface area contributed by atoms with Crippen molar-refractivity contribution in [2.75, 3.05) is 32.2 Å². The van der Waals surface area contributed by atoms with Crippen LogP contribution in [0.15, 0.2) is 91.1 Å². The Balaban J connectivity index is 0.000000284. The van der Waals surface area contributed by atoms with Crippen LogP contribution in [0, 0.1) is 0 Å². The Hall–Kier alpha value is -5.15. The molecule has 0 aliphatic rings. The zero-order valence-electron chi connectivity index (χ0n) is 27.0. The van der Waals surface area contributed by atoms with Gasteiger partial charge in [-0.3, -0.25) is 4.98 Å². The average molecular weight is 661 g/mol. The van der Waals surface area contributed by atoms with Gasteiger partial charge in [0.05, 0.1) is 32.1 Å². The molecule has 0 saturated carbocycles. The molecule has 0 fully saturated rings. The molecule has 5 aromatic rings. The van der Waals surface area contributed by atoms with E-state index in [-0.39, 0.29) is 23.7 Å². The number of ether oxygens (including phenoxy) is 5. The lowest BCUT2D eigenvalue weighted by Crippen LogP contribution is -2.08. The summed E-state index contributed by atoms with van der Waals surface area (Å²) in [5, 5.41) is 11.7. The van der Waals surface area contributed by atoms with E-state index in [1.807, 2.05) is 70.3 Å². The molecule has 1 heterocycles. The van der Waals surface area contributed by atoms with Crippen LogP contribution in [0.3, 0.4) is 0 Å². The summed E-state index contributed by atoms with van der Waals surface area (Å²) in [7, 11) is 0. The highest BCUT2D eigenvalue weighted by Crippen LogP contribution is 2.35. The summed E-state index contributed by atoms with van der Waals surface area (Å²) in [4.78, 5) is 16.4. The Morgan fingerprint density at radius 2 is 1.34 bits per heavy atom. The van der Waals surface area contributed by atoms with Crippen LogP contribution in [0.1, 0.15) is 49.3 Å². The molecule has 0 bridgehead atoms. The summed E-state index contributed by atoms with van der Waals surface area (Å²) in [5.41, 5.74) is 8.04. The van der Waals surface area contributed by atoms with Crippen LogP contribution in [0.2, 0.25) is 0 Å². The molecule has 1 aromatic heterocycles. The van der Waals surface area contributed by atoms with E-state index in [9.17, 15) is 9.90 Å². The van der Waals surface area contributed by atoms with Gasteiger partial charge in [-0.2, -0.15) is 0 Å². The summed E-state index contributed by atoms with van der Waals surface area (Å²) in [6, 6.07) is 25.0. The lowest BCUT2D eigenvalue weighted by Gasteiger charge is -2.15. The molecule has 47 heavy (non-hydrogen) atoms. The summed E-state index contributed by atoms with van der Waals surface area (Å²) in [5.74, 6) is 2.66. The van der Waals surface area contributed by atoms with E-state index in [2.05, 4.69) is 11.1 Å². The molecule has 5 rings (SSSR count). The largest absolute Gasteiger partial charge is 0.507 e. The molecule has 0 radical (unpaired) electrons. The van der Waals surface area contributed by atoms with E-state index in [0.717, 1.165) is 45.0 Å². The van der Waals surface area contributed by atoms with Crippen molar-refractivity contribution in [3.63, 3.8) is 0 Å². The van der Waals surface area contributed by atoms with Gasteiger partial charge < -0.3 is 34.5 Å². The number of aromatic nitrogens is 1. The highest BCUT2D eigenvalue weighted by Gasteiger charge is 2.14. The molecule has 0 aliphatic heterocycles. The molecule has 0 aliphatic carbocycles. The van der Waals surface area contributed by atoms with Gasteiger partial charge in [-0.25, -0.2) is 4.79 Å². The number of fused-ring (bicyclic) bond motifs is 1. The van der Waals surface area contributed by atoms with Crippen molar-refractivity contribution < 1.29 is 33.6 Å². The van der Waals surface area contributed by atoms with E-state index in [1.165, 1.54) is 18.2 Å². The first-order chi connectivity index (χ1) is 22.4. The van der Waals surface area contributed by atoms with Crippen LogP contribution in [0.5, 0.6) is 34.5 Å². The van der Waals surface area contributed by atoms with Crippen molar-refractivity contribution in [1.29, 1.82) is 0 Å². The Kier molecular flexibility index (Phi) is 14.0. The molecule has 4 aromatic carbocycles. The molecule has 0 atom stereocenters. The van der Waals surface area contributed by atoms with Crippen molar-refractivity contribution in [2.24, 2.45) is 0 Å². The van der Waals surface area contributed by atoms with E-state index >= 15 is 0 Å². The second-order valence-corrected chi connectivity index (χ2v) is 9.95. The van der Waals surface area contributed by atoms with Gasteiger partial charge in [0.1, 0.15) is 17.1 Å². The van der Waals surface area contributed by atoms with Gasteiger partial charge in [-0.15, -0.1) is 12.4 Å². The van der Waals surface area contributed by atoms with E-state index in [0.29, 0.717) is 44.3 Å². The highest BCUT2D eigenvalue weighted by molar-refractivity contribution is 5.94. The lowest BCUT2D eigenvalue weighted by molar-refractivity contribution is 0.0731. The molecule has 0 spiro atoms. The number of aromatic hydroxyl groups is 1. The molecule has 3 N–H and O–H groups in total. The first-order valence-electron chi connectivity index (χ1n) is 15.3. The fraction of sp³-hybridized carbons (Fsp3) is 0.243. The maximum absolute atomic E-state index is 11.7. The topological polar surface area (TPSA) is 122 Å². The van der Waals surface area contributed by atoms with Crippen LogP contribution in [0.4, 0.5) is 5.69 Å². The predicted octanol–water partition coefficient (Wildman–Crippen LogP) is 8.04. The van der Waals surface area contributed by atoms with Gasteiger partial charge in [0.2, 0.25) is 0 Å². The monoisotopic (exact) mass is 660 g/mol. The van der Waals surface area contributed by atoms with Gasteiger partial charge in [-0.1, -0.05) is 24.3 Å². The summed E-state index contributed by atoms with van der Waals surface area (Å²) < 4.78 is 28.1. The van der Waals surface area contributed by atoms with Gasteiger partial charge >= 0.3 is 5.97 Å². The van der Waals surface area contributed by atoms with Gasteiger partial charge in [-0.05, 0) is 93.2 Å². The molecule has 10 heteroatoms. The third-order valence-electron chi connectivity index (χ3n) is 6.69. The predicted molar refractivity (Wildman–Crippen MR) is 187 cm³/mol. The standard InChI is InChI=1S/C24H29NO4.C13H11NO3.ClH/c1-5-26-21-10-9-17(14-22(21)27-6-2)13-20-19-16-24(29-8-4)23(28-7-3)15-18(19)11-12-25-20;14-9-6-7-11(12(15)8-9)13(16)17-10-4-2-1-3-5-10;/h9-12,14-16H,5-8,13H2,1-4H3;1-8,15H,14H2;1H. The fourth-order valence-corrected chi connectivity index (χ4v) is 4.69. The van der Waals surface area contributed by atoms with Crippen molar-refractivity contribution in [1.82, 2.24) is 4.98 Å². The van der Waals surface area contributed by atoms with E-state index < -0.39 is 5.97 Å². The van der Waals surface area contributed by atoms with E-state index in [1.54, 1.807) is 24.3 Å². The number of nitrogens with zero attached hydrogens (tertiary/aromatic N) is 1. The number of rotatable bonds is 12. The first-order valence-corrected chi connectivity index (χ1v) is 15.3. The van der Waals surface area contributed by atoms with E-state index in [4.69, 9.17) is 29.4 Å². The van der Waals surface area contributed by atoms with Crippen molar-refractivity contribution in [2.45, 2.75) is 34.1 Å². The van der Waals surface area contributed by atoms with Crippen LogP contribution < -0.4 is 29.4 Å². The van der Waals surface area contributed by atoms with Gasteiger partial charge in [0.15, 0.2) is 23.0 Å². The maximum Gasteiger partial charge on any atom is 0.347 e. The summed E-state index contributed by atoms with van der Waals surface area (Å²) in [6.07, 6.45) is 2.52. The molecule has 248 valence electrons. The smallest absolute Gasteiger partial charge is 0.347 e. The number of esters is 1. The van der Waals surface area contributed by atoms with Crippen LogP contribution in [-0.2, 0) is 6.42 Å². The first kappa shape index (κ1) is 36.3. The third kappa shape index (κ3) is 9.92. The number of hydrogen-bond acceptors (Lipinski definition) is 9. The number of carbonyl (C=O) groups is 1. The quantitative estimate of drug-likeness (QED) is 0.0777. The second-order valence-electron chi connectivity index (χ2n) is 9.95. The van der Waals surface area contributed by atoms with Crippen LogP contribution >= 0.6 is 12.4 Å². The average Bonchev–Trinajstić information content (AvgIpc) is 3.04. The van der Waals surface area contributed by atoms with Gasteiger partial charge in [0, 0.05) is 29.8 Å². The number of phenols is 1. The van der Waals surface area contributed by atoms with Crippen molar-refractivity contribution in [3.8, 4) is 34.5 Å². The Bertz CT molecular complexity index is 1750. The zero-order valence-corrected chi connectivity index (χ0v) is 27.8. The number of nitrogens with two attached hydrogens (primary N) is 1. The second kappa shape index (κ2) is 18.1. The molecular weight excluding hydrogens is 620 g/mol. The minimum absolute atomic E-state index is 0. The number of hydrogen-bond donors (Lipinski definition) is 2. The van der Waals surface area contributed by atoms with Gasteiger partial charge in [0.25, 0.3) is 0 Å². The Labute approximate surface area is 281 Å². The maximum atomic E-state index is 11.7. The fourth-order valence-electron chi connectivity index (χ4n) is 4.69. The normalized spacial score (nSPS) is 10.2. The number of pyridine rings is 1. The number of benzene rings is 4. The molecule has 0 amide bonds. The number of halogens is 1. The highest BCUT2D eigenvalue weighted by atomic mass is 35.5. The Morgan fingerprint density at radius 3 is 1.98 bits per heavy atom. The number of nitrogen functional groups attached to an aromatic ring is 1. The number of carbonyl (C=O) groups excluding carboxylic acids is 1. The summed E-state index contributed by atoms with van der Waals surface area (Å²) in [6.45, 7) is 10.3. The minimum atomic E-state index is -0.617. The molecular formula is C37H41ClN2O7. The number of phenolic OH excluding ortho intramolecular Hbond substituents is 1. The van der Waals surface area contributed by atoms with Crippen LogP contribution in [0.25, 0.3) is 10.8 Å². The Morgan fingerprint density at radius 1 is 0.723 bits per heavy atom. The summed E-state index contributed by atoms with van der Waals surface area (Å²) >= 11 is 0. The van der Waals surface area contributed by atoms with Crippen molar-refractivity contribution in [3.05, 3.63) is 108 Å².